The molecule has 0 spiro atoms. The van der Waals surface area contributed by atoms with Gasteiger partial charge < -0.3 is 21.1 Å². The molecule has 3 amide bonds. The van der Waals surface area contributed by atoms with Gasteiger partial charge >= 0.3 is 12.1 Å². The van der Waals surface area contributed by atoms with E-state index in [4.69, 9.17) is 22.1 Å². The summed E-state index contributed by atoms with van der Waals surface area (Å²) in [5.74, 6) is 6.15. The maximum Gasteiger partial charge on any atom is 0.411 e. The summed E-state index contributed by atoms with van der Waals surface area (Å²) in [5, 5.41) is 8.99. The van der Waals surface area contributed by atoms with E-state index < -0.39 is 11.7 Å². The maximum atomic E-state index is 12.4. The molecule has 0 radical (unpaired) electrons. The molecule has 0 aliphatic heterocycles. The Balaban J connectivity index is 1.50. The van der Waals surface area contributed by atoms with E-state index in [1.165, 1.54) is 16.2 Å². The van der Waals surface area contributed by atoms with Crippen LogP contribution in [-0.4, -0.2) is 40.7 Å². The predicted octanol–water partition coefficient (Wildman–Crippen LogP) is 7.45. The van der Waals surface area contributed by atoms with Gasteiger partial charge in [0.05, 0.1) is 23.1 Å². The molecule has 4 N–H and O–H groups in total. The number of nitrogens with one attached hydrogen (secondary N) is 2. The Morgan fingerprint density at radius 3 is 2.52 bits per heavy atom. The van der Waals surface area contributed by atoms with Crippen LogP contribution < -0.4 is 16.4 Å². The van der Waals surface area contributed by atoms with Crippen molar-refractivity contribution in [2.24, 2.45) is 0 Å². The monoisotopic (exact) mass is 575 g/mol. The van der Waals surface area contributed by atoms with Crippen LogP contribution in [0.25, 0.3) is 21.2 Å². The molecule has 8 nitrogen and oxygen atoms in total. The Labute approximate surface area is 242 Å². The first-order valence-electron chi connectivity index (χ1n) is 12.6. The molecule has 0 saturated carbocycles. The summed E-state index contributed by atoms with van der Waals surface area (Å²) in [6.45, 7) is 8.07. The van der Waals surface area contributed by atoms with Gasteiger partial charge in [-0.25, -0.2) is 14.6 Å². The lowest BCUT2D eigenvalue weighted by Gasteiger charge is -2.25. The van der Waals surface area contributed by atoms with Gasteiger partial charge in [0.1, 0.15) is 11.3 Å². The highest BCUT2D eigenvalue weighted by molar-refractivity contribution is 7.18. The number of fused-ring (bicyclic) bond motifs is 1. The van der Waals surface area contributed by atoms with Crippen molar-refractivity contribution in [1.82, 2.24) is 9.88 Å². The van der Waals surface area contributed by atoms with Gasteiger partial charge in [0.2, 0.25) is 0 Å². The zero-order chi connectivity index (χ0) is 28.9. The average molecular weight is 576 g/mol. The van der Waals surface area contributed by atoms with E-state index in [-0.39, 0.29) is 12.6 Å². The molecule has 2 aromatic carbocycles. The maximum absolute atomic E-state index is 12.4. The normalized spacial score (nSPS) is 10.9. The van der Waals surface area contributed by atoms with E-state index in [2.05, 4.69) is 27.5 Å². The van der Waals surface area contributed by atoms with E-state index in [0.717, 1.165) is 21.2 Å². The van der Waals surface area contributed by atoms with Gasteiger partial charge in [0, 0.05) is 33.9 Å². The van der Waals surface area contributed by atoms with Gasteiger partial charge in [-0.15, -0.1) is 11.3 Å². The number of carbonyl (C=O) groups is 2. The number of aromatic nitrogens is 1. The van der Waals surface area contributed by atoms with Crippen LogP contribution in [-0.2, 0) is 4.74 Å². The lowest BCUT2D eigenvalue weighted by Crippen LogP contribution is -2.36. The number of hydrogen-bond acceptors (Lipinski definition) is 6. The Kier molecular flexibility index (Phi) is 8.83. The summed E-state index contributed by atoms with van der Waals surface area (Å²) in [4.78, 5) is 30.8. The summed E-state index contributed by atoms with van der Waals surface area (Å²) in [6, 6.07) is 14.0. The summed E-state index contributed by atoms with van der Waals surface area (Å²) in [6.07, 6.45) is 1.20. The second kappa shape index (κ2) is 12.3. The number of amides is 3. The molecule has 0 fully saturated rings. The minimum Gasteiger partial charge on any atom is -0.444 e. The standard InChI is InChI=1S/C30H30ClN5O3S/c1-5-36(29(38)39-30(2,3)4)15-7-10-25-27-26(24(32)17-33-25)23(18-40-27)19-11-13-21(14-12-19)34-28(37)35-22-9-6-8-20(31)16-22/h6,8-9,11-14,16-18H,5,15,32H2,1-4H3,(H2,34,35,37). The van der Waals surface area contributed by atoms with Crippen molar-refractivity contribution in [2.45, 2.75) is 33.3 Å². The highest BCUT2D eigenvalue weighted by Crippen LogP contribution is 2.38. The SMILES string of the molecule is CCN(CC#Cc1ncc(N)c2c(-c3ccc(NC(=O)Nc4cccc(Cl)c4)cc3)csc12)C(=O)OC(C)(C)C. The minimum atomic E-state index is -0.576. The minimum absolute atomic E-state index is 0.219. The summed E-state index contributed by atoms with van der Waals surface area (Å²) in [7, 11) is 0. The number of ether oxygens (including phenoxy) is 1. The van der Waals surface area contributed by atoms with Crippen LogP contribution in [0, 0.1) is 11.8 Å². The zero-order valence-electron chi connectivity index (χ0n) is 22.7. The van der Waals surface area contributed by atoms with Crippen molar-refractivity contribution in [2.75, 3.05) is 29.5 Å². The number of nitrogens with two attached hydrogens (primary N) is 1. The third-order valence-corrected chi connectivity index (χ3v) is 6.90. The molecule has 0 atom stereocenters. The largest absolute Gasteiger partial charge is 0.444 e. The number of nitrogens with zero attached hydrogens (tertiary/aromatic N) is 2. The van der Waals surface area contributed by atoms with Gasteiger partial charge in [-0.3, -0.25) is 4.90 Å². The van der Waals surface area contributed by atoms with Crippen LogP contribution in [0.3, 0.4) is 0 Å². The highest BCUT2D eigenvalue weighted by atomic mass is 35.5. The van der Waals surface area contributed by atoms with Gasteiger partial charge in [-0.05, 0) is 74.9 Å². The number of carbonyl (C=O) groups excluding carboxylic acids is 2. The van der Waals surface area contributed by atoms with Crippen molar-refractivity contribution in [3.8, 4) is 23.0 Å². The average Bonchev–Trinajstić information content (AvgIpc) is 3.33. The van der Waals surface area contributed by atoms with Crippen molar-refractivity contribution >= 4 is 62.2 Å². The smallest absolute Gasteiger partial charge is 0.411 e. The van der Waals surface area contributed by atoms with Crippen LogP contribution in [0.1, 0.15) is 33.4 Å². The van der Waals surface area contributed by atoms with E-state index in [0.29, 0.717) is 34.3 Å². The van der Waals surface area contributed by atoms with Gasteiger partial charge in [-0.1, -0.05) is 35.7 Å². The molecule has 0 unspecified atom stereocenters. The third-order valence-electron chi connectivity index (χ3n) is 5.67. The number of pyridine rings is 1. The Morgan fingerprint density at radius 2 is 1.85 bits per heavy atom. The third kappa shape index (κ3) is 7.23. The molecule has 2 aromatic heterocycles. The fraction of sp³-hybridized carbons (Fsp3) is 0.233. The fourth-order valence-corrected chi connectivity index (χ4v) is 5.06. The Bertz CT molecular complexity index is 1600. The molecule has 10 heteroatoms. The van der Waals surface area contributed by atoms with Crippen LogP contribution in [0.4, 0.5) is 26.7 Å². The number of thiophene rings is 1. The second-order valence-electron chi connectivity index (χ2n) is 9.88. The molecule has 4 aromatic rings. The Hall–Kier alpha value is -4.26. The van der Waals surface area contributed by atoms with Gasteiger partial charge in [0.15, 0.2) is 0 Å². The first kappa shape index (κ1) is 28.7. The van der Waals surface area contributed by atoms with Gasteiger partial charge in [0.25, 0.3) is 0 Å². The first-order chi connectivity index (χ1) is 19.0. The van der Waals surface area contributed by atoms with Crippen molar-refractivity contribution < 1.29 is 14.3 Å². The summed E-state index contributed by atoms with van der Waals surface area (Å²) < 4.78 is 6.32. The zero-order valence-corrected chi connectivity index (χ0v) is 24.2. The van der Waals surface area contributed by atoms with E-state index in [1.54, 1.807) is 30.5 Å². The first-order valence-corrected chi connectivity index (χ1v) is 13.9. The number of halogens is 1. The molecule has 0 aliphatic carbocycles. The number of nitrogen functional groups attached to an aromatic ring is 1. The molecule has 0 bridgehead atoms. The quantitative estimate of drug-likeness (QED) is 0.214. The van der Waals surface area contributed by atoms with Crippen LogP contribution >= 0.6 is 22.9 Å². The lowest BCUT2D eigenvalue weighted by molar-refractivity contribution is 0.0285. The van der Waals surface area contributed by atoms with Crippen LogP contribution in [0.5, 0.6) is 0 Å². The number of hydrogen-bond donors (Lipinski definition) is 3. The van der Waals surface area contributed by atoms with E-state index in [9.17, 15) is 9.59 Å². The second-order valence-corrected chi connectivity index (χ2v) is 11.2. The van der Waals surface area contributed by atoms with E-state index in [1.807, 2.05) is 57.3 Å². The molecule has 4 rings (SSSR count). The summed E-state index contributed by atoms with van der Waals surface area (Å²) in [5.41, 5.74) is 10.0. The van der Waals surface area contributed by atoms with Crippen molar-refractivity contribution in [1.29, 1.82) is 0 Å². The topological polar surface area (TPSA) is 110 Å². The highest BCUT2D eigenvalue weighted by Gasteiger charge is 2.20. The van der Waals surface area contributed by atoms with Crippen LogP contribution in [0.2, 0.25) is 5.02 Å². The number of urea groups is 1. The fourth-order valence-electron chi connectivity index (χ4n) is 3.82. The predicted molar refractivity (Wildman–Crippen MR) is 164 cm³/mol. The number of rotatable bonds is 5. The lowest BCUT2D eigenvalue weighted by atomic mass is 10.0. The molecular weight excluding hydrogens is 546 g/mol. The van der Waals surface area contributed by atoms with E-state index >= 15 is 0 Å². The van der Waals surface area contributed by atoms with Crippen molar-refractivity contribution in [3.63, 3.8) is 0 Å². The van der Waals surface area contributed by atoms with Crippen molar-refractivity contribution in [3.05, 3.63) is 70.8 Å². The molecular formula is C30H30ClN5O3S. The number of benzene rings is 2. The molecule has 0 aliphatic rings. The van der Waals surface area contributed by atoms with Crippen LogP contribution in [0.15, 0.2) is 60.1 Å². The number of anilines is 3. The molecule has 0 saturated heterocycles. The molecule has 206 valence electrons. The van der Waals surface area contributed by atoms with Gasteiger partial charge in [-0.2, -0.15) is 0 Å². The Morgan fingerprint density at radius 1 is 1.12 bits per heavy atom. The molecule has 2 heterocycles. The summed E-state index contributed by atoms with van der Waals surface area (Å²) >= 11 is 7.49. The molecule has 40 heavy (non-hydrogen) atoms.